The molecule has 0 bridgehead atoms. The molecular formula is C13H17F3N2O. The van der Waals surface area contributed by atoms with Gasteiger partial charge in [-0.15, -0.1) is 0 Å². The molecule has 0 saturated heterocycles. The van der Waals surface area contributed by atoms with Gasteiger partial charge in [0.1, 0.15) is 0 Å². The zero-order chi connectivity index (χ0) is 14.3. The highest BCUT2D eigenvalue weighted by atomic mass is 19.4. The van der Waals surface area contributed by atoms with Gasteiger partial charge in [-0.2, -0.15) is 13.2 Å². The van der Waals surface area contributed by atoms with Gasteiger partial charge < -0.3 is 10.6 Å². The van der Waals surface area contributed by atoms with Crippen LogP contribution >= 0.6 is 0 Å². The van der Waals surface area contributed by atoms with Gasteiger partial charge in [0.2, 0.25) is 0 Å². The maximum Gasteiger partial charge on any atom is 0.390 e. The summed E-state index contributed by atoms with van der Waals surface area (Å²) < 4.78 is 36.0. The Kier molecular flexibility index (Phi) is 5.66. The molecule has 3 nitrogen and oxygen atoms in total. The summed E-state index contributed by atoms with van der Waals surface area (Å²) in [5.41, 5.74) is 0.993. The van der Waals surface area contributed by atoms with Gasteiger partial charge in [-0.05, 0) is 18.6 Å². The SMILES string of the molecule is CCCNc1ccccc1C(=O)NCCC(F)(F)F. The summed E-state index contributed by atoms with van der Waals surface area (Å²) in [6.07, 6.45) is -4.39. The largest absolute Gasteiger partial charge is 0.390 e. The third-order valence-corrected chi connectivity index (χ3v) is 2.43. The minimum absolute atomic E-state index is 0.359. The van der Waals surface area contributed by atoms with Crippen molar-refractivity contribution in [1.82, 2.24) is 5.32 Å². The second-order valence-electron chi connectivity index (χ2n) is 4.09. The van der Waals surface area contributed by atoms with E-state index >= 15 is 0 Å². The Morgan fingerprint density at radius 2 is 1.89 bits per heavy atom. The van der Waals surface area contributed by atoms with Gasteiger partial charge >= 0.3 is 6.18 Å². The summed E-state index contributed by atoms with van der Waals surface area (Å²) in [4.78, 5) is 11.8. The lowest BCUT2D eigenvalue weighted by molar-refractivity contribution is -0.132. The van der Waals surface area contributed by atoms with Crippen LogP contribution in [0.2, 0.25) is 0 Å². The van der Waals surface area contributed by atoms with Crippen molar-refractivity contribution in [3.63, 3.8) is 0 Å². The van der Waals surface area contributed by atoms with Crippen LogP contribution in [0.3, 0.4) is 0 Å². The monoisotopic (exact) mass is 274 g/mol. The number of halogens is 3. The number of hydrogen-bond acceptors (Lipinski definition) is 2. The van der Waals surface area contributed by atoms with E-state index in [1.165, 1.54) is 0 Å². The maximum absolute atomic E-state index is 12.0. The van der Waals surface area contributed by atoms with Gasteiger partial charge in [-0.3, -0.25) is 4.79 Å². The molecule has 0 aliphatic rings. The van der Waals surface area contributed by atoms with E-state index in [4.69, 9.17) is 0 Å². The van der Waals surface area contributed by atoms with E-state index < -0.39 is 25.0 Å². The quantitative estimate of drug-likeness (QED) is 0.836. The maximum atomic E-state index is 12.0. The number of rotatable bonds is 6. The third-order valence-electron chi connectivity index (χ3n) is 2.43. The molecule has 0 aliphatic carbocycles. The van der Waals surface area contributed by atoms with Crippen molar-refractivity contribution in [1.29, 1.82) is 0 Å². The van der Waals surface area contributed by atoms with Crippen molar-refractivity contribution < 1.29 is 18.0 Å². The average Bonchev–Trinajstić information content (AvgIpc) is 2.35. The van der Waals surface area contributed by atoms with E-state index in [2.05, 4.69) is 10.6 Å². The van der Waals surface area contributed by atoms with E-state index in [0.29, 0.717) is 17.8 Å². The fourth-order valence-electron chi connectivity index (χ4n) is 1.51. The van der Waals surface area contributed by atoms with Gasteiger partial charge in [0.15, 0.2) is 0 Å². The molecular weight excluding hydrogens is 257 g/mol. The van der Waals surface area contributed by atoms with E-state index in [0.717, 1.165) is 6.42 Å². The smallest absolute Gasteiger partial charge is 0.384 e. The predicted molar refractivity (Wildman–Crippen MR) is 68.2 cm³/mol. The Bertz CT molecular complexity index is 419. The van der Waals surface area contributed by atoms with Crippen molar-refractivity contribution in [2.75, 3.05) is 18.4 Å². The van der Waals surface area contributed by atoms with Crippen LogP contribution in [-0.2, 0) is 0 Å². The first-order valence-electron chi connectivity index (χ1n) is 6.12. The van der Waals surface area contributed by atoms with Crippen LogP contribution in [0, 0.1) is 0 Å². The predicted octanol–water partition coefficient (Wildman–Crippen LogP) is 3.19. The fourth-order valence-corrected chi connectivity index (χ4v) is 1.51. The minimum Gasteiger partial charge on any atom is -0.384 e. The average molecular weight is 274 g/mol. The molecule has 2 N–H and O–H groups in total. The number of nitrogens with one attached hydrogen (secondary N) is 2. The molecule has 0 atom stereocenters. The number of alkyl halides is 3. The number of benzene rings is 1. The molecule has 0 aromatic heterocycles. The molecule has 1 aromatic carbocycles. The van der Waals surface area contributed by atoms with Crippen LogP contribution in [0.15, 0.2) is 24.3 Å². The fraction of sp³-hybridized carbons (Fsp3) is 0.462. The first-order valence-corrected chi connectivity index (χ1v) is 6.12. The summed E-state index contributed by atoms with van der Waals surface area (Å²) in [6, 6.07) is 6.76. The first kappa shape index (κ1) is 15.3. The van der Waals surface area contributed by atoms with Gasteiger partial charge in [0.25, 0.3) is 5.91 Å². The van der Waals surface area contributed by atoms with Crippen molar-refractivity contribution >= 4 is 11.6 Å². The summed E-state index contributed by atoms with van der Waals surface area (Å²) in [5, 5.41) is 5.34. The zero-order valence-electron chi connectivity index (χ0n) is 10.7. The molecule has 1 aromatic rings. The summed E-state index contributed by atoms with van der Waals surface area (Å²) in [6.45, 7) is 2.27. The molecule has 0 spiro atoms. The molecule has 6 heteroatoms. The summed E-state index contributed by atoms with van der Waals surface area (Å²) >= 11 is 0. The lowest BCUT2D eigenvalue weighted by Crippen LogP contribution is -2.28. The van der Waals surface area contributed by atoms with Crippen molar-refractivity contribution in [2.24, 2.45) is 0 Å². The van der Waals surface area contributed by atoms with Crippen LogP contribution in [0.5, 0.6) is 0 Å². The molecule has 0 saturated carbocycles. The van der Waals surface area contributed by atoms with Gasteiger partial charge in [-0.25, -0.2) is 0 Å². The number of hydrogen-bond donors (Lipinski definition) is 2. The molecule has 0 unspecified atom stereocenters. The summed E-state index contributed by atoms with van der Waals surface area (Å²) in [7, 11) is 0. The van der Waals surface area contributed by atoms with Gasteiger partial charge in [-0.1, -0.05) is 19.1 Å². The Labute approximate surface area is 110 Å². The molecule has 0 heterocycles. The number of carbonyl (C=O) groups excluding carboxylic acids is 1. The number of carbonyl (C=O) groups is 1. The second kappa shape index (κ2) is 7.01. The molecule has 106 valence electrons. The van der Waals surface area contributed by atoms with Crippen molar-refractivity contribution in [3.8, 4) is 0 Å². The van der Waals surface area contributed by atoms with Gasteiger partial charge in [0.05, 0.1) is 12.0 Å². The molecule has 0 fully saturated rings. The normalized spacial score (nSPS) is 11.2. The Morgan fingerprint density at radius 1 is 1.21 bits per heavy atom. The highest BCUT2D eigenvalue weighted by molar-refractivity contribution is 5.99. The Morgan fingerprint density at radius 3 is 2.53 bits per heavy atom. The lowest BCUT2D eigenvalue weighted by Gasteiger charge is -2.12. The first-order chi connectivity index (χ1) is 8.94. The number of amides is 1. The standard InChI is InChI=1S/C13H17F3N2O/c1-2-8-17-11-6-4-3-5-10(11)12(19)18-9-7-13(14,15)16/h3-6,17H,2,7-9H2,1H3,(H,18,19). The van der Waals surface area contributed by atoms with E-state index in [-0.39, 0.29) is 0 Å². The van der Waals surface area contributed by atoms with E-state index in [1.807, 2.05) is 6.92 Å². The second-order valence-corrected chi connectivity index (χ2v) is 4.09. The number of anilines is 1. The Hall–Kier alpha value is -1.72. The number of para-hydroxylation sites is 1. The zero-order valence-corrected chi connectivity index (χ0v) is 10.7. The van der Waals surface area contributed by atoms with Crippen molar-refractivity contribution in [2.45, 2.75) is 25.9 Å². The van der Waals surface area contributed by atoms with Crippen molar-refractivity contribution in [3.05, 3.63) is 29.8 Å². The van der Waals surface area contributed by atoms with Crippen LogP contribution in [0.1, 0.15) is 30.1 Å². The van der Waals surface area contributed by atoms with Crippen LogP contribution < -0.4 is 10.6 Å². The molecule has 0 aliphatic heterocycles. The minimum atomic E-state index is -4.26. The Balaban J connectivity index is 2.61. The third kappa shape index (κ3) is 5.63. The molecule has 19 heavy (non-hydrogen) atoms. The van der Waals surface area contributed by atoms with E-state index in [1.54, 1.807) is 24.3 Å². The molecule has 1 rings (SSSR count). The van der Waals surface area contributed by atoms with Crippen LogP contribution in [-0.4, -0.2) is 25.2 Å². The van der Waals surface area contributed by atoms with Gasteiger partial charge in [0, 0.05) is 18.8 Å². The van der Waals surface area contributed by atoms with Crippen LogP contribution in [0.4, 0.5) is 18.9 Å². The summed E-state index contributed by atoms with van der Waals surface area (Å²) in [5.74, 6) is -0.497. The van der Waals surface area contributed by atoms with E-state index in [9.17, 15) is 18.0 Å². The lowest BCUT2D eigenvalue weighted by atomic mass is 10.1. The topological polar surface area (TPSA) is 41.1 Å². The van der Waals surface area contributed by atoms with Crippen LogP contribution in [0.25, 0.3) is 0 Å². The highest BCUT2D eigenvalue weighted by Gasteiger charge is 2.26. The highest BCUT2D eigenvalue weighted by Crippen LogP contribution is 2.19. The molecule has 1 amide bonds. The molecule has 0 radical (unpaired) electrons.